The maximum absolute atomic E-state index is 12.6. The second kappa shape index (κ2) is 4.81. The third-order valence-corrected chi connectivity index (χ3v) is 5.02. The van der Waals surface area contributed by atoms with Gasteiger partial charge in [0.25, 0.3) is 9.05 Å². The zero-order valence-corrected chi connectivity index (χ0v) is 12.7. The summed E-state index contributed by atoms with van der Waals surface area (Å²) in [6.45, 7) is 0. The molecule has 1 aromatic carbocycles. The first-order chi connectivity index (χ1) is 8.94. The molecule has 2 rings (SSSR count). The summed E-state index contributed by atoms with van der Waals surface area (Å²) < 4.78 is 60.7. The monoisotopic (exact) mass is 386 g/mol. The molecule has 0 aliphatic carbocycles. The first-order valence-corrected chi connectivity index (χ1v) is 7.97. The predicted molar refractivity (Wildman–Crippen MR) is 69.2 cm³/mol. The zero-order chi connectivity index (χ0) is 15.5. The number of aromatic nitrogens is 2. The predicted octanol–water partition coefficient (Wildman–Crippen LogP) is 4.47. The molecule has 4 nitrogen and oxygen atoms in total. The van der Waals surface area contributed by atoms with Gasteiger partial charge in [0.2, 0.25) is 5.82 Å². The summed E-state index contributed by atoms with van der Waals surface area (Å²) in [6.07, 6.45) is -4.84. The van der Waals surface area contributed by atoms with Crippen molar-refractivity contribution in [3.8, 4) is 0 Å². The lowest BCUT2D eigenvalue weighted by Crippen LogP contribution is -2.07. The molecular weight excluding hydrogens is 387 g/mol. The van der Waals surface area contributed by atoms with E-state index in [1.54, 1.807) is 0 Å². The van der Waals surface area contributed by atoms with Crippen molar-refractivity contribution in [2.75, 3.05) is 0 Å². The number of imidazole rings is 1. The van der Waals surface area contributed by atoms with Crippen LogP contribution in [-0.2, 0) is 15.2 Å². The van der Waals surface area contributed by atoms with Crippen molar-refractivity contribution in [3.05, 3.63) is 20.9 Å². The Balaban J connectivity index is 3.03. The molecule has 0 amide bonds. The van der Waals surface area contributed by atoms with E-state index in [1.807, 2.05) is 4.98 Å². The molecule has 0 saturated heterocycles. The van der Waals surface area contributed by atoms with Crippen LogP contribution in [0.3, 0.4) is 0 Å². The second-order valence-corrected chi connectivity index (χ2v) is 7.15. The molecule has 0 radical (unpaired) electrons. The maximum Gasteiger partial charge on any atom is 0.449 e. The Morgan fingerprint density at radius 3 is 2.05 bits per heavy atom. The molecule has 0 aliphatic rings. The molecule has 12 heteroatoms. The summed E-state index contributed by atoms with van der Waals surface area (Å²) in [4.78, 5) is 4.16. The first-order valence-electron chi connectivity index (χ1n) is 4.52. The van der Waals surface area contributed by atoms with Gasteiger partial charge in [-0.25, -0.2) is 13.4 Å². The van der Waals surface area contributed by atoms with E-state index in [0.29, 0.717) is 0 Å². The molecule has 0 spiro atoms. The summed E-state index contributed by atoms with van der Waals surface area (Å²) in [7, 11) is 0.657. The molecule has 0 aliphatic heterocycles. The number of fused-ring (bicyclic) bond motifs is 1. The number of nitrogens with zero attached hydrogens (tertiary/aromatic N) is 1. The average molecular weight is 388 g/mol. The summed E-state index contributed by atoms with van der Waals surface area (Å²) in [5.41, 5.74) is -1.06. The fraction of sp³-hybridized carbons (Fsp3) is 0.125. The number of hydrogen-bond donors (Lipinski definition) is 1. The van der Waals surface area contributed by atoms with Gasteiger partial charge in [-0.15, -0.1) is 0 Å². The Morgan fingerprint density at radius 1 is 1.05 bits per heavy atom. The van der Waals surface area contributed by atoms with Crippen LogP contribution in [0.1, 0.15) is 5.82 Å². The van der Waals surface area contributed by atoms with Crippen molar-refractivity contribution < 1.29 is 21.6 Å². The van der Waals surface area contributed by atoms with Crippen LogP contribution >= 0.6 is 45.5 Å². The van der Waals surface area contributed by atoms with E-state index in [1.165, 1.54) is 0 Å². The molecule has 0 atom stereocenters. The lowest BCUT2D eigenvalue weighted by atomic mass is 10.3. The summed E-state index contributed by atoms with van der Waals surface area (Å²) >= 11 is 17.1. The van der Waals surface area contributed by atoms with Gasteiger partial charge in [-0.3, -0.25) is 0 Å². The van der Waals surface area contributed by atoms with Crippen molar-refractivity contribution in [2.45, 2.75) is 11.1 Å². The molecule has 0 bridgehead atoms. The minimum absolute atomic E-state index is 0.390. The average Bonchev–Trinajstić information content (AvgIpc) is 2.68. The van der Waals surface area contributed by atoms with Gasteiger partial charge < -0.3 is 4.98 Å². The van der Waals surface area contributed by atoms with Gasteiger partial charge in [0.15, 0.2) is 0 Å². The number of rotatable bonds is 1. The lowest BCUT2D eigenvalue weighted by molar-refractivity contribution is -0.144. The minimum atomic E-state index is -4.84. The Morgan fingerprint density at radius 2 is 1.60 bits per heavy atom. The molecule has 1 aromatic heterocycles. The Bertz CT molecular complexity index is 815. The van der Waals surface area contributed by atoms with Gasteiger partial charge in [-0.1, -0.05) is 34.8 Å². The van der Waals surface area contributed by atoms with Crippen LogP contribution in [0.15, 0.2) is 4.90 Å². The van der Waals surface area contributed by atoms with Gasteiger partial charge in [0.05, 0.1) is 20.6 Å². The SMILES string of the molecule is O=S(=O)(Cl)c1c(Cl)c(Cl)c(Cl)c2[nH]c(C(F)(F)F)nc12. The van der Waals surface area contributed by atoms with Gasteiger partial charge in [-0.2, -0.15) is 13.2 Å². The normalized spacial score (nSPS) is 13.2. The van der Waals surface area contributed by atoms with Crippen molar-refractivity contribution in [1.29, 1.82) is 0 Å². The largest absolute Gasteiger partial charge is 0.449 e. The van der Waals surface area contributed by atoms with Crippen LogP contribution in [0.4, 0.5) is 13.2 Å². The van der Waals surface area contributed by atoms with Crippen molar-refractivity contribution in [3.63, 3.8) is 0 Å². The van der Waals surface area contributed by atoms with E-state index in [-0.39, 0.29) is 0 Å². The lowest BCUT2D eigenvalue weighted by Gasteiger charge is -2.05. The van der Waals surface area contributed by atoms with Gasteiger partial charge in [0.1, 0.15) is 10.4 Å². The quantitative estimate of drug-likeness (QED) is 0.580. The highest BCUT2D eigenvalue weighted by molar-refractivity contribution is 8.14. The van der Waals surface area contributed by atoms with E-state index < -0.39 is 52.0 Å². The fourth-order valence-corrected chi connectivity index (χ4v) is 3.74. The van der Waals surface area contributed by atoms with Crippen molar-refractivity contribution in [1.82, 2.24) is 9.97 Å². The molecule has 0 unspecified atom stereocenters. The van der Waals surface area contributed by atoms with E-state index in [9.17, 15) is 21.6 Å². The van der Waals surface area contributed by atoms with Gasteiger partial charge in [0, 0.05) is 10.7 Å². The van der Waals surface area contributed by atoms with Gasteiger partial charge in [-0.05, 0) is 0 Å². The summed E-state index contributed by atoms with van der Waals surface area (Å²) in [6, 6.07) is 0. The number of hydrogen-bond acceptors (Lipinski definition) is 3. The van der Waals surface area contributed by atoms with Gasteiger partial charge >= 0.3 is 6.18 Å². The highest BCUT2D eigenvalue weighted by Crippen LogP contribution is 2.43. The molecule has 110 valence electrons. The molecule has 0 fully saturated rings. The summed E-state index contributed by atoms with van der Waals surface area (Å²) in [5, 5.41) is -1.43. The number of H-pyrrole nitrogens is 1. The molecular formula is C8HCl4F3N2O2S. The number of alkyl halides is 3. The molecule has 2 aromatic rings. The number of halogens is 7. The standard InChI is InChI=1S/C8HCl4F3N2O2S/c9-1-2(10)4-5(6(3(1)11)20(12,18)19)17-7(16-4)8(13,14)15/h(H,16,17). The summed E-state index contributed by atoms with van der Waals surface area (Å²) in [5.74, 6) is -1.45. The van der Waals surface area contributed by atoms with Crippen LogP contribution in [0.2, 0.25) is 15.1 Å². The second-order valence-electron chi connectivity index (χ2n) is 3.52. The fourth-order valence-electron chi connectivity index (χ4n) is 1.46. The van der Waals surface area contributed by atoms with E-state index in [0.717, 1.165) is 0 Å². The van der Waals surface area contributed by atoms with Crippen molar-refractivity contribution >= 4 is 65.6 Å². The van der Waals surface area contributed by atoms with E-state index >= 15 is 0 Å². The molecule has 0 saturated carbocycles. The Kier molecular flexibility index (Phi) is 3.84. The highest BCUT2D eigenvalue weighted by Gasteiger charge is 2.37. The zero-order valence-electron chi connectivity index (χ0n) is 8.82. The third kappa shape index (κ3) is 2.55. The molecule has 1 N–H and O–H groups in total. The topological polar surface area (TPSA) is 62.8 Å². The Hall–Kier alpha value is -0.410. The van der Waals surface area contributed by atoms with Crippen LogP contribution in [0.5, 0.6) is 0 Å². The first kappa shape index (κ1) is 16.0. The van der Waals surface area contributed by atoms with E-state index in [4.69, 9.17) is 45.5 Å². The Labute approximate surface area is 129 Å². The van der Waals surface area contributed by atoms with Crippen LogP contribution < -0.4 is 0 Å². The maximum atomic E-state index is 12.6. The molecule has 1 heterocycles. The van der Waals surface area contributed by atoms with E-state index in [2.05, 4.69) is 4.98 Å². The van der Waals surface area contributed by atoms with Crippen molar-refractivity contribution in [2.24, 2.45) is 0 Å². The number of benzene rings is 1. The smallest absolute Gasteiger partial charge is 0.333 e. The van der Waals surface area contributed by atoms with Crippen LogP contribution in [-0.4, -0.2) is 18.4 Å². The minimum Gasteiger partial charge on any atom is -0.333 e. The number of aromatic amines is 1. The highest BCUT2D eigenvalue weighted by atomic mass is 35.7. The van der Waals surface area contributed by atoms with Crippen LogP contribution in [0, 0.1) is 0 Å². The third-order valence-electron chi connectivity index (χ3n) is 2.24. The number of nitrogens with one attached hydrogen (secondary N) is 1. The van der Waals surface area contributed by atoms with Crippen LogP contribution in [0.25, 0.3) is 11.0 Å². The molecule has 20 heavy (non-hydrogen) atoms.